The first-order valence-corrected chi connectivity index (χ1v) is 6.49. The predicted octanol–water partition coefficient (Wildman–Crippen LogP) is 3.00. The number of nitrogens with one attached hydrogen (secondary N) is 1. The molecule has 0 fully saturated rings. The van der Waals surface area contributed by atoms with Crippen LogP contribution in [0, 0.1) is 0 Å². The van der Waals surface area contributed by atoms with Crippen LogP contribution in [0.25, 0.3) is 0 Å². The average molecular weight is 248 g/mol. The van der Waals surface area contributed by atoms with E-state index in [0.29, 0.717) is 11.9 Å². The molecule has 4 heteroatoms. The molecule has 1 unspecified atom stereocenters. The Morgan fingerprint density at radius 1 is 1.41 bits per heavy atom. The van der Waals surface area contributed by atoms with Crippen LogP contribution in [0.1, 0.15) is 24.2 Å². The van der Waals surface area contributed by atoms with Gasteiger partial charge in [0.2, 0.25) is 5.88 Å². The molecular formula is C13H16N2OS. The molecular weight excluding hydrogens is 232 g/mol. The fraction of sp³-hybridized carbons (Fsp3) is 0.308. The van der Waals surface area contributed by atoms with Gasteiger partial charge in [-0.25, -0.2) is 4.98 Å². The normalized spacial score (nSPS) is 12.4. The summed E-state index contributed by atoms with van der Waals surface area (Å²) in [5, 5.41) is 7.70. The van der Waals surface area contributed by atoms with Gasteiger partial charge in [0.05, 0.1) is 12.8 Å². The third kappa shape index (κ3) is 3.28. The first kappa shape index (κ1) is 12.1. The highest BCUT2D eigenvalue weighted by Gasteiger charge is 2.05. The molecule has 2 heterocycles. The maximum absolute atomic E-state index is 5.10. The standard InChI is InChI=1S/C13H16N2OS/c1-10(11-6-7-17-9-11)14-8-12-4-3-5-13(15-12)16-2/h3-7,9-10,14H,8H2,1-2H3. The number of nitrogens with zero attached hydrogens (tertiary/aromatic N) is 1. The highest BCUT2D eigenvalue weighted by Crippen LogP contribution is 2.16. The Bertz CT molecular complexity index is 456. The lowest BCUT2D eigenvalue weighted by Gasteiger charge is -2.12. The topological polar surface area (TPSA) is 34.1 Å². The van der Waals surface area contributed by atoms with Gasteiger partial charge in [0.15, 0.2) is 0 Å². The van der Waals surface area contributed by atoms with Crippen LogP contribution in [0.15, 0.2) is 35.0 Å². The summed E-state index contributed by atoms with van der Waals surface area (Å²) in [6.45, 7) is 2.90. The Morgan fingerprint density at radius 2 is 2.29 bits per heavy atom. The number of rotatable bonds is 5. The van der Waals surface area contributed by atoms with Gasteiger partial charge in [-0.2, -0.15) is 11.3 Å². The van der Waals surface area contributed by atoms with Crippen molar-refractivity contribution < 1.29 is 4.74 Å². The Hall–Kier alpha value is -1.39. The van der Waals surface area contributed by atoms with Gasteiger partial charge in [-0.05, 0) is 35.4 Å². The molecule has 0 aliphatic carbocycles. The summed E-state index contributed by atoms with van der Waals surface area (Å²) in [5.41, 5.74) is 2.31. The molecule has 0 amide bonds. The van der Waals surface area contributed by atoms with Crippen molar-refractivity contribution in [3.05, 3.63) is 46.3 Å². The molecule has 0 aliphatic rings. The van der Waals surface area contributed by atoms with Crippen LogP contribution in [0.3, 0.4) is 0 Å². The number of methoxy groups -OCH3 is 1. The van der Waals surface area contributed by atoms with Crippen molar-refractivity contribution in [1.29, 1.82) is 0 Å². The molecule has 0 bridgehead atoms. The molecule has 0 radical (unpaired) electrons. The molecule has 3 nitrogen and oxygen atoms in total. The minimum Gasteiger partial charge on any atom is -0.481 e. The fourth-order valence-corrected chi connectivity index (χ4v) is 2.32. The highest BCUT2D eigenvalue weighted by atomic mass is 32.1. The van der Waals surface area contributed by atoms with E-state index in [2.05, 4.69) is 34.1 Å². The molecule has 1 N–H and O–H groups in total. The number of pyridine rings is 1. The molecule has 2 rings (SSSR count). The van der Waals surface area contributed by atoms with E-state index < -0.39 is 0 Å². The third-order valence-electron chi connectivity index (χ3n) is 2.62. The lowest BCUT2D eigenvalue weighted by Crippen LogP contribution is -2.18. The van der Waals surface area contributed by atoms with Gasteiger partial charge in [-0.1, -0.05) is 6.07 Å². The van der Waals surface area contributed by atoms with Gasteiger partial charge in [0.25, 0.3) is 0 Å². The molecule has 0 saturated heterocycles. The number of hydrogen-bond acceptors (Lipinski definition) is 4. The van der Waals surface area contributed by atoms with E-state index in [-0.39, 0.29) is 0 Å². The summed E-state index contributed by atoms with van der Waals surface area (Å²) < 4.78 is 5.10. The molecule has 0 saturated carbocycles. The zero-order chi connectivity index (χ0) is 12.1. The summed E-state index contributed by atoms with van der Waals surface area (Å²) in [4.78, 5) is 4.36. The van der Waals surface area contributed by atoms with Gasteiger partial charge in [-0.3, -0.25) is 0 Å². The van der Waals surface area contributed by atoms with E-state index in [1.54, 1.807) is 18.4 Å². The largest absolute Gasteiger partial charge is 0.481 e. The van der Waals surface area contributed by atoms with Gasteiger partial charge >= 0.3 is 0 Å². The van der Waals surface area contributed by atoms with Crippen molar-refractivity contribution in [2.24, 2.45) is 0 Å². The van der Waals surface area contributed by atoms with Crippen LogP contribution < -0.4 is 10.1 Å². The molecule has 2 aromatic rings. The highest BCUT2D eigenvalue weighted by molar-refractivity contribution is 7.07. The second-order valence-electron chi connectivity index (χ2n) is 3.83. The molecule has 0 aromatic carbocycles. The third-order valence-corrected chi connectivity index (χ3v) is 3.32. The molecule has 17 heavy (non-hydrogen) atoms. The van der Waals surface area contributed by atoms with Gasteiger partial charge < -0.3 is 10.1 Å². The number of hydrogen-bond donors (Lipinski definition) is 1. The summed E-state index contributed by atoms with van der Waals surface area (Å²) in [6, 6.07) is 8.29. The summed E-state index contributed by atoms with van der Waals surface area (Å²) in [5.74, 6) is 0.660. The Labute approximate surface area is 105 Å². The summed E-state index contributed by atoms with van der Waals surface area (Å²) >= 11 is 1.72. The Balaban J connectivity index is 1.93. The zero-order valence-electron chi connectivity index (χ0n) is 10.0. The van der Waals surface area contributed by atoms with Gasteiger partial charge in [0, 0.05) is 18.7 Å². The van der Waals surface area contributed by atoms with Crippen LogP contribution in [0.5, 0.6) is 5.88 Å². The van der Waals surface area contributed by atoms with Crippen LogP contribution >= 0.6 is 11.3 Å². The minimum absolute atomic E-state index is 0.342. The number of ether oxygens (including phenoxy) is 1. The molecule has 0 aliphatic heterocycles. The SMILES string of the molecule is COc1cccc(CNC(C)c2ccsc2)n1. The van der Waals surface area contributed by atoms with Crippen molar-refractivity contribution in [1.82, 2.24) is 10.3 Å². The fourth-order valence-electron chi connectivity index (χ4n) is 1.57. The molecule has 0 spiro atoms. The van der Waals surface area contributed by atoms with Crippen LogP contribution in [0.4, 0.5) is 0 Å². The van der Waals surface area contributed by atoms with Crippen molar-refractivity contribution in [2.45, 2.75) is 19.5 Å². The van der Waals surface area contributed by atoms with Crippen LogP contribution in [0.2, 0.25) is 0 Å². The zero-order valence-corrected chi connectivity index (χ0v) is 10.8. The lowest BCUT2D eigenvalue weighted by molar-refractivity contribution is 0.395. The van der Waals surface area contributed by atoms with E-state index in [1.165, 1.54) is 5.56 Å². The Morgan fingerprint density at radius 3 is 3.00 bits per heavy atom. The van der Waals surface area contributed by atoms with E-state index in [4.69, 9.17) is 4.74 Å². The smallest absolute Gasteiger partial charge is 0.213 e. The van der Waals surface area contributed by atoms with Crippen molar-refractivity contribution in [3.8, 4) is 5.88 Å². The first-order valence-electron chi connectivity index (χ1n) is 5.55. The predicted molar refractivity (Wildman–Crippen MR) is 70.4 cm³/mol. The van der Waals surface area contributed by atoms with Crippen molar-refractivity contribution in [3.63, 3.8) is 0 Å². The lowest BCUT2D eigenvalue weighted by atomic mass is 10.2. The second-order valence-corrected chi connectivity index (χ2v) is 4.61. The van der Waals surface area contributed by atoms with Crippen LogP contribution in [-0.4, -0.2) is 12.1 Å². The number of thiophene rings is 1. The molecule has 1 atom stereocenters. The van der Waals surface area contributed by atoms with E-state index in [0.717, 1.165) is 12.2 Å². The first-order chi connectivity index (χ1) is 8.29. The molecule has 90 valence electrons. The van der Waals surface area contributed by atoms with E-state index in [9.17, 15) is 0 Å². The maximum atomic E-state index is 5.10. The van der Waals surface area contributed by atoms with Gasteiger partial charge in [0.1, 0.15) is 0 Å². The average Bonchev–Trinajstić information content (AvgIpc) is 2.90. The van der Waals surface area contributed by atoms with E-state index >= 15 is 0 Å². The second kappa shape index (κ2) is 5.80. The monoisotopic (exact) mass is 248 g/mol. The Kier molecular flexibility index (Phi) is 4.12. The van der Waals surface area contributed by atoms with Crippen LogP contribution in [-0.2, 0) is 6.54 Å². The van der Waals surface area contributed by atoms with Crippen molar-refractivity contribution in [2.75, 3.05) is 7.11 Å². The van der Waals surface area contributed by atoms with Crippen molar-refractivity contribution >= 4 is 11.3 Å². The van der Waals surface area contributed by atoms with Gasteiger partial charge in [-0.15, -0.1) is 0 Å². The number of aromatic nitrogens is 1. The molecule has 2 aromatic heterocycles. The van der Waals surface area contributed by atoms with E-state index in [1.807, 2.05) is 18.2 Å². The summed E-state index contributed by atoms with van der Waals surface area (Å²) in [6.07, 6.45) is 0. The maximum Gasteiger partial charge on any atom is 0.213 e. The summed E-state index contributed by atoms with van der Waals surface area (Å²) in [7, 11) is 1.63. The quantitative estimate of drug-likeness (QED) is 0.883. The minimum atomic E-state index is 0.342.